The molecule has 0 aromatic heterocycles. The highest BCUT2D eigenvalue weighted by Gasteiger charge is 2.35. The van der Waals surface area contributed by atoms with E-state index in [4.69, 9.17) is 0 Å². The van der Waals surface area contributed by atoms with Crippen molar-refractivity contribution >= 4 is 0 Å². The molecular formula is C18H24O2. The topological polar surface area (TPSA) is 40.5 Å². The standard InChI is InChI=1S/C18H24O2/c1-5-13-9-12(4)10-14(17(13)11(2)3)18-15(19)7-6-8-16(18)20/h6-8,10,13-14,17,19-20H,2,5,9H2,1,3-4H3/t13?,14-,17-/m1/s1. The number of benzene rings is 1. The van der Waals surface area contributed by atoms with E-state index in [1.54, 1.807) is 18.2 Å². The Morgan fingerprint density at radius 3 is 2.40 bits per heavy atom. The Morgan fingerprint density at radius 2 is 1.90 bits per heavy atom. The monoisotopic (exact) mass is 272 g/mol. The van der Waals surface area contributed by atoms with Crippen LogP contribution < -0.4 is 0 Å². The van der Waals surface area contributed by atoms with Gasteiger partial charge in [0.2, 0.25) is 0 Å². The molecule has 1 unspecified atom stereocenters. The van der Waals surface area contributed by atoms with E-state index in [9.17, 15) is 10.2 Å². The molecule has 1 aromatic carbocycles. The van der Waals surface area contributed by atoms with Crippen LogP contribution in [0.4, 0.5) is 0 Å². The Hall–Kier alpha value is -1.70. The lowest BCUT2D eigenvalue weighted by molar-refractivity contribution is 0.309. The maximum absolute atomic E-state index is 10.2. The minimum atomic E-state index is 0.00685. The normalized spacial score (nSPS) is 26.1. The number of hydrogen-bond acceptors (Lipinski definition) is 2. The Kier molecular flexibility index (Phi) is 4.22. The average molecular weight is 272 g/mol. The number of rotatable bonds is 3. The first kappa shape index (κ1) is 14.7. The fraction of sp³-hybridized carbons (Fsp3) is 0.444. The average Bonchev–Trinajstić information content (AvgIpc) is 2.37. The van der Waals surface area contributed by atoms with E-state index in [1.807, 2.05) is 6.92 Å². The van der Waals surface area contributed by atoms with Crippen molar-refractivity contribution in [3.8, 4) is 11.5 Å². The first-order chi connectivity index (χ1) is 9.45. The molecule has 0 saturated heterocycles. The molecular weight excluding hydrogens is 248 g/mol. The molecule has 2 heteroatoms. The summed E-state index contributed by atoms with van der Waals surface area (Å²) in [7, 11) is 0. The molecule has 0 saturated carbocycles. The molecule has 0 amide bonds. The van der Waals surface area contributed by atoms with Gasteiger partial charge in [-0.25, -0.2) is 0 Å². The van der Waals surface area contributed by atoms with Crippen molar-refractivity contribution in [2.75, 3.05) is 0 Å². The van der Waals surface area contributed by atoms with Crippen LogP contribution in [0.15, 0.2) is 42.0 Å². The molecule has 0 bridgehead atoms. The molecule has 0 fully saturated rings. The first-order valence-electron chi connectivity index (χ1n) is 7.29. The van der Waals surface area contributed by atoms with E-state index in [0.717, 1.165) is 18.4 Å². The van der Waals surface area contributed by atoms with Crippen molar-refractivity contribution in [2.45, 2.75) is 39.5 Å². The van der Waals surface area contributed by atoms with Gasteiger partial charge in [-0.2, -0.15) is 0 Å². The van der Waals surface area contributed by atoms with E-state index >= 15 is 0 Å². The largest absolute Gasteiger partial charge is 0.508 e. The maximum Gasteiger partial charge on any atom is 0.123 e. The Morgan fingerprint density at radius 1 is 1.30 bits per heavy atom. The number of aromatic hydroxyl groups is 2. The molecule has 1 aromatic rings. The Labute approximate surface area is 121 Å². The van der Waals surface area contributed by atoms with Crippen LogP contribution in [0, 0.1) is 11.8 Å². The molecule has 0 aliphatic heterocycles. The summed E-state index contributed by atoms with van der Waals surface area (Å²) in [6, 6.07) is 4.95. The molecule has 2 rings (SSSR count). The van der Waals surface area contributed by atoms with Crippen molar-refractivity contribution in [3.05, 3.63) is 47.6 Å². The highest BCUT2D eigenvalue weighted by atomic mass is 16.3. The van der Waals surface area contributed by atoms with Gasteiger partial charge >= 0.3 is 0 Å². The van der Waals surface area contributed by atoms with E-state index < -0.39 is 0 Å². The molecule has 20 heavy (non-hydrogen) atoms. The molecule has 2 nitrogen and oxygen atoms in total. The molecule has 0 radical (unpaired) electrons. The highest BCUT2D eigenvalue weighted by molar-refractivity contribution is 5.49. The lowest BCUT2D eigenvalue weighted by Gasteiger charge is -2.37. The van der Waals surface area contributed by atoms with Gasteiger partial charge in [-0.05, 0) is 44.2 Å². The molecule has 2 N–H and O–H groups in total. The third-order valence-corrected chi connectivity index (χ3v) is 4.43. The van der Waals surface area contributed by atoms with E-state index in [0.29, 0.717) is 11.5 Å². The second-order valence-electron chi connectivity index (χ2n) is 5.99. The van der Waals surface area contributed by atoms with Crippen molar-refractivity contribution in [1.82, 2.24) is 0 Å². The van der Waals surface area contributed by atoms with Gasteiger partial charge in [0.1, 0.15) is 11.5 Å². The smallest absolute Gasteiger partial charge is 0.123 e. The molecule has 1 aliphatic rings. The fourth-order valence-electron chi connectivity index (χ4n) is 3.56. The summed E-state index contributed by atoms with van der Waals surface area (Å²) in [5, 5.41) is 20.3. The van der Waals surface area contributed by atoms with Crippen LogP contribution in [0.5, 0.6) is 11.5 Å². The quantitative estimate of drug-likeness (QED) is 0.779. The molecule has 3 atom stereocenters. The van der Waals surface area contributed by atoms with E-state index in [-0.39, 0.29) is 23.3 Å². The van der Waals surface area contributed by atoms with Gasteiger partial charge in [-0.1, -0.05) is 43.2 Å². The van der Waals surface area contributed by atoms with Crippen LogP contribution in [0.2, 0.25) is 0 Å². The number of hydrogen-bond donors (Lipinski definition) is 2. The summed E-state index contributed by atoms with van der Waals surface area (Å²) >= 11 is 0. The first-order valence-corrected chi connectivity index (χ1v) is 7.29. The predicted octanol–water partition coefficient (Wildman–Crippen LogP) is 4.75. The summed E-state index contributed by atoms with van der Waals surface area (Å²) in [5.41, 5.74) is 3.08. The molecule has 1 aliphatic carbocycles. The van der Waals surface area contributed by atoms with Gasteiger partial charge in [0, 0.05) is 11.5 Å². The number of phenolic OH excluding ortho intramolecular Hbond substituents is 2. The Balaban J connectivity index is 2.56. The van der Waals surface area contributed by atoms with Crippen LogP contribution >= 0.6 is 0 Å². The zero-order valence-electron chi connectivity index (χ0n) is 12.6. The van der Waals surface area contributed by atoms with Gasteiger partial charge in [0.25, 0.3) is 0 Å². The van der Waals surface area contributed by atoms with Crippen LogP contribution in [0.1, 0.15) is 45.1 Å². The zero-order valence-corrected chi connectivity index (χ0v) is 12.6. The van der Waals surface area contributed by atoms with Crippen molar-refractivity contribution < 1.29 is 10.2 Å². The SMILES string of the molecule is C=C(C)[C@@H]1C(CC)CC(C)=C[C@H]1c1c(O)cccc1O. The van der Waals surface area contributed by atoms with Crippen molar-refractivity contribution in [1.29, 1.82) is 0 Å². The number of allylic oxidation sites excluding steroid dienone is 3. The number of phenols is 2. The van der Waals surface area contributed by atoms with E-state index in [1.165, 1.54) is 5.57 Å². The molecule has 108 valence electrons. The highest BCUT2D eigenvalue weighted by Crippen LogP contribution is 2.48. The van der Waals surface area contributed by atoms with Crippen molar-refractivity contribution in [3.63, 3.8) is 0 Å². The van der Waals surface area contributed by atoms with Crippen LogP contribution in [0.25, 0.3) is 0 Å². The lowest BCUT2D eigenvalue weighted by atomic mass is 9.67. The van der Waals surface area contributed by atoms with Gasteiger partial charge in [0.15, 0.2) is 0 Å². The summed E-state index contributed by atoms with van der Waals surface area (Å²) in [6.45, 7) is 10.5. The third kappa shape index (κ3) is 2.60. The van der Waals surface area contributed by atoms with Gasteiger partial charge in [0.05, 0.1) is 0 Å². The van der Waals surface area contributed by atoms with Gasteiger partial charge < -0.3 is 10.2 Å². The Bertz CT molecular complexity index is 522. The van der Waals surface area contributed by atoms with Crippen LogP contribution in [0.3, 0.4) is 0 Å². The van der Waals surface area contributed by atoms with Crippen molar-refractivity contribution in [2.24, 2.45) is 11.8 Å². The zero-order chi connectivity index (χ0) is 14.9. The lowest BCUT2D eigenvalue weighted by Crippen LogP contribution is -2.26. The summed E-state index contributed by atoms with van der Waals surface area (Å²) < 4.78 is 0. The second-order valence-corrected chi connectivity index (χ2v) is 5.99. The summed E-state index contributed by atoms with van der Waals surface area (Å²) in [4.78, 5) is 0. The maximum atomic E-state index is 10.2. The third-order valence-electron chi connectivity index (χ3n) is 4.43. The van der Waals surface area contributed by atoms with Crippen LogP contribution in [-0.2, 0) is 0 Å². The van der Waals surface area contributed by atoms with Gasteiger partial charge in [-0.15, -0.1) is 0 Å². The second kappa shape index (κ2) is 5.74. The minimum Gasteiger partial charge on any atom is -0.508 e. The summed E-state index contributed by atoms with van der Waals surface area (Å²) in [6.07, 6.45) is 4.33. The minimum absolute atomic E-state index is 0.00685. The summed E-state index contributed by atoms with van der Waals surface area (Å²) in [5.74, 6) is 1.13. The van der Waals surface area contributed by atoms with Gasteiger partial charge in [-0.3, -0.25) is 0 Å². The van der Waals surface area contributed by atoms with E-state index in [2.05, 4.69) is 26.5 Å². The fourth-order valence-corrected chi connectivity index (χ4v) is 3.56. The van der Waals surface area contributed by atoms with Crippen LogP contribution in [-0.4, -0.2) is 10.2 Å². The predicted molar refractivity (Wildman–Crippen MR) is 83.0 cm³/mol. The molecule has 0 heterocycles. The molecule has 0 spiro atoms.